The molecular weight excluding hydrogens is 374 g/mol. The molecule has 6 nitrogen and oxygen atoms in total. The van der Waals surface area contributed by atoms with Gasteiger partial charge in [0.05, 0.1) is 5.75 Å². The molecule has 0 atom stereocenters. The van der Waals surface area contributed by atoms with Crippen LogP contribution >= 0.6 is 11.8 Å². The number of amides is 3. The molecule has 2 aromatic rings. The molecule has 7 heteroatoms. The predicted octanol–water partition coefficient (Wildman–Crippen LogP) is 4.04. The number of benzene rings is 2. The van der Waals surface area contributed by atoms with Crippen molar-refractivity contribution in [2.45, 2.75) is 26.7 Å². The summed E-state index contributed by atoms with van der Waals surface area (Å²) < 4.78 is 0. The fraction of sp³-hybridized carbons (Fsp3) is 0.286. The molecule has 2 rings (SSSR count). The van der Waals surface area contributed by atoms with E-state index in [-0.39, 0.29) is 17.7 Å². The molecule has 0 saturated carbocycles. The van der Waals surface area contributed by atoms with Crippen LogP contribution in [-0.4, -0.2) is 29.2 Å². The molecule has 3 amide bonds. The fourth-order valence-corrected chi connectivity index (χ4v) is 3.23. The van der Waals surface area contributed by atoms with Crippen molar-refractivity contribution in [2.24, 2.45) is 0 Å². The van der Waals surface area contributed by atoms with Gasteiger partial charge in [-0.3, -0.25) is 14.4 Å². The summed E-state index contributed by atoms with van der Waals surface area (Å²) in [5.41, 5.74) is 3.27. The normalized spacial score (nSPS) is 10.2. The van der Waals surface area contributed by atoms with E-state index in [9.17, 15) is 14.4 Å². The van der Waals surface area contributed by atoms with Crippen molar-refractivity contribution in [3.8, 4) is 0 Å². The maximum absolute atomic E-state index is 12.0. The Morgan fingerprint density at radius 3 is 2.14 bits per heavy atom. The van der Waals surface area contributed by atoms with E-state index in [0.717, 1.165) is 17.0 Å². The number of carbonyl (C=O) groups is 3. The van der Waals surface area contributed by atoms with E-state index in [0.29, 0.717) is 30.0 Å². The van der Waals surface area contributed by atoms with Gasteiger partial charge in [-0.25, -0.2) is 0 Å². The molecule has 3 N–H and O–H groups in total. The zero-order valence-electron chi connectivity index (χ0n) is 16.1. The molecule has 2 aromatic carbocycles. The maximum Gasteiger partial charge on any atom is 0.234 e. The molecule has 0 aliphatic rings. The van der Waals surface area contributed by atoms with Crippen molar-refractivity contribution in [2.75, 3.05) is 27.5 Å². The fourth-order valence-electron chi connectivity index (χ4n) is 2.48. The summed E-state index contributed by atoms with van der Waals surface area (Å²) in [5.74, 6) is 0.806. The Labute approximate surface area is 169 Å². The minimum Gasteiger partial charge on any atom is -0.326 e. The first kappa shape index (κ1) is 21.5. The molecule has 0 unspecified atom stereocenters. The number of aryl methyl sites for hydroxylation is 1. The van der Waals surface area contributed by atoms with Crippen LogP contribution < -0.4 is 16.0 Å². The highest BCUT2D eigenvalue weighted by Gasteiger charge is 2.05. The molecule has 0 fully saturated rings. The zero-order chi connectivity index (χ0) is 20.4. The van der Waals surface area contributed by atoms with Crippen LogP contribution in [0, 0.1) is 6.92 Å². The lowest BCUT2D eigenvalue weighted by molar-refractivity contribution is -0.116. The van der Waals surface area contributed by atoms with E-state index in [2.05, 4.69) is 16.0 Å². The van der Waals surface area contributed by atoms with Gasteiger partial charge in [0.2, 0.25) is 17.7 Å². The van der Waals surface area contributed by atoms with Crippen LogP contribution in [0.15, 0.2) is 48.5 Å². The van der Waals surface area contributed by atoms with Crippen molar-refractivity contribution < 1.29 is 14.4 Å². The van der Waals surface area contributed by atoms with Crippen LogP contribution in [0.5, 0.6) is 0 Å². The Hall–Kier alpha value is -2.80. The number of hydrogen-bond donors (Lipinski definition) is 3. The molecule has 0 heterocycles. The third kappa shape index (κ3) is 8.26. The molecule has 0 saturated heterocycles. The van der Waals surface area contributed by atoms with Crippen LogP contribution in [0.4, 0.5) is 17.1 Å². The van der Waals surface area contributed by atoms with Crippen LogP contribution in [0.2, 0.25) is 0 Å². The van der Waals surface area contributed by atoms with Crippen molar-refractivity contribution in [1.82, 2.24) is 0 Å². The molecule has 0 radical (unpaired) electrons. The highest BCUT2D eigenvalue weighted by Crippen LogP contribution is 2.15. The second kappa shape index (κ2) is 11.1. The van der Waals surface area contributed by atoms with E-state index >= 15 is 0 Å². The van der Waals surface area contributed by atoms with Gasteiger partial charge in [0.1, 0.15) is 0 Å². The van der Waals surface area contributed by atoms with Crippen LogP contribution in [0.1, 0.15) is 25.3 Å². The molecule has 148 valence electrons. The van der Waals surface area contributed by atoms with Crippen molar-refractivity contribution >= 4 is 46.5 Å². The highest BCUT2D eigenvalue weighted by molar-refractivity contribution is 7.99. The van der Waals surface area contributed by atoms with Crippen LogP contribution in [-0.2, 0) is 14.4 Å². The first-order valence-corrected chi connectivity index (χ1v) is 10.2. The van der Waals surface area contributed by atoms with Gasteiger partial charge in [-0.2, -0.15) is 11.8 Å². The molecule has 0 aliphatic heterocycles. The number of hydrogen-bond acceptors (Lipinski definition) is 4. The first-order valence-electron chi connectivity index (χ1n) is 9.04. The largest absolute Gasteiger partial charge is 0.326 e. The minimum atomic E-state index is -0.138. The van der Waals surface area contributed by atoms with E-state index < -0.39 is 0 Å². The number of rotatable bonds is 9. The lowest BCUT2D eigenvalue weighted by Gasteiger charge is -2.07. The van der Waals surface area contributed by atoms with Gasteiger partial charge in [0.15, 0.2) is 0 Å². The lowest BCUT2D eigenvalue weighted by atomic mass is 10.2. The van der Waals surface area contributed by atoms with E-state index in [1.165, 1.54) is 18.7 Å². The predicted molar refractivity (Wildman–Crippen MR) is 116 cm³/mol. The number of nitrogens with one attached hydrogen (secondary N) is 3. The van der Waals surface area contributed by atoms with E-state index in [4.69, 9.17) is 0 Å². The lowest BCUT2D eigenvalue weighted by Crippen LogP contribution is -2.15. The smallest absolute Gasteiger partial charge is 0.234 e. The Balaban J connectivity index is 1.60. The zero-order valence-corrected chi connectivity index (χ0v) is 16.9. The van der Waals surface area contributed by atoms with Crippen molar-refractivity contribution in [1.29, 1.82) is 0 Å². The van der Waals surface area contributed by atoms with Crippen molar-refractivity contribution in [3.05, 3.63) is 54.1 Å². The van der Waals surface area contributed by atoms with E-state index in [1.54, 1.807) is 24.3 Å². The van der Waals surface area contributed by atoms with Crippen LogP contribution in [0.3, 0.4) is 0 Å². The number of anilines is 3. The van der Waals surface area contributed by atoms with Crippen LogP contribution in [0.25, 0.3) is 0 Å². The number of carbonyl (C=O) groups excluding carboxylic acids is 3. The highest BCUT2D eigenvalue weighted by atomic mass is 32.2. The van der Waals surface area contributed by atoms with Gasteiger partial charge in [-0.1, -0.05) is 12.1 Å². The summed E-state index contributed by atoms with van der Waals surface area (Å²) >= 11 is 1.49. The monoisotopic (exact) mass is 399 g/mol. The van der Waals surface area contributed by atoms with Gasteiger partial charge in [0, 0.05) is 30.4 Å². The van der Waals surface area contributed by atoms with Crippen molar-refractivity contribution in [3.63, 3.8) is 0 Å². The molecule has 0 bridgehead atoms. The van der Waals surface area contributed by atoms with Gasteiger partial charge in [-0.15, -0.1) is 0 Å². The molecule has 0 spiro atoms. The summed E-state index contributed by atoms with van der Waals surface area (Å²) in [6.07, 6.45) is 1.13. The van der Waals surface area contributed by atoms with Gasteiger partial charge in [-0.05, 0) is 61.1 Å². The third-order valence-corrected chi connectivity index (χ3v) is 4.76. The Bertz CT molecular complexity index is 822. The second-order valence-corrected chi connectivity index (χ2v) is 7.49. The average Bonchev–Trinajstić information content (AvgIpc) is 2.62. The summed E-state index contributed by atoms with van der Waals surface area (Å²) in [6, 6.07) is 14.6. The summed E-state index contributed by atoms with van der Waals surface area (Å²) in [7, 11) is 0. The summed E-state index contributed by atoms with van der Waals surface area (Å²) in [6.45, 7) is 3.42. The second-order valence-electron chi connectivity index (χ2n) is 6.38. The molecule has 0 aliphatic carbocycles. The Kier molecular flexibility index (Phi) is 8.55. The average molecular weight is 400 g/mol. The Morgan fingerprint density at radius 2 is 1.50 bits per heavy atom. The molecule has 0 aromatic heterocycles. The first-order chi connectivity index (χ1) is 13.4. The van der Waals surface area contributed by atoms with E-state index in [1.807, 2.05) is 31.2 Å². The van der Waals surface area contributed by atoms with Gasteiger partial charge >= 0.3 is 0 Å². The van der Waals surface area contributed by atoms with Gasteiger partial charge in [0.25, 0.3) is 0 Å². The van der Waals surface area contributed by atoms with Gasteiger partial charge < -0.3 is 16.0 Å². The summed E-state index contributed by atoms with van der Waals surface area (Å²) in [4.78, 5) is 34.9. The standard InChI is InChI=1S/C21H25N3O3S/c1-15-5-3-6-19(13-15)24-20(26)7-4-12-28-14-21(27)23-18-10-8-17(9-11-18)22-16(2)25/h3,5-6,8-11,13H,4,7,12,14H2,1-2H3,(H,22,25)(H,23,27)(H,24,26). The molecular formula is C21H25N3O3S. The SMILES string of the molecule is CC(=O)Nc1ccc(NC(=O)CSCCCC(=O)Nc2cccc(C)c2)cc1. The third-order valence-electron chi connectivity index (χ3n) is 3.72. The maximum atomic E-state index is 12.0. The summed E-state index contributed by atoms with van der Waals surface area (Å²) in [5, 5.41) is 8.36. The number of thioether (sulfide) groups is 1. The quantitative estimate of drug-likeness (QED) is 0.555. The topological polar surface area (TPSA) is 87.3 Å². The minimum absolute atomic E-state index is 0.0186. The molecule has 28 heavy (non-hydrogen) atoms. The Morgan fingerprint density at radius 1 is 0.857 bits per heavy atom.